The number of hydrogen-bond acceptors (Lipinski definition) is 1. The molecule has 0 N–H and O–H groups in total. The third-order valence-corrected chi connectivity index (χ3v) is 4.47. The van der Waals surface area contributed by atoms with Gasteiger partial charge in [0.05, 0.1) is 10.6 Å². The molecule has 1 saturated heterocycles. The van der Waals surface area contributed by atoms with Gasteiger partial charge in [0.15, 0.2) is 11.6 Å². The maximum absolute atomic E-state index is 14.0. The summed E-state index contributed by atoms with van der Waals surface area (Å²) in [6.45, 7) is 5.40. The average molecular weight is 302 g/mol. The van der Waals surface area contributed by atoms with Gasteiger partial charge < -0.3 is 4.90 Å². The van der Waals surface area contributed by atoms with Gasteiger partial charge in [0.25, 0.3) is 5.91 Å². The van der Waals surface area contributed by atoms with Crippen LogP contribution in [0.3, 0.4) is 0 Å². The molecule has 0 saturated carbocycles. The SMILES string of the molecule is Cc1cc(F)c(F)c(C(=O)N2[C@H](C)CCC[C@H]2C)c1Cl. The van der Waals surface area contributed by atoms with Crippen LogP contribution in [-0.4, -0.2) is 22.9 Å². The first kappa shape index (κ1) is 15.2. The number of carbonyl (C=O) groups excluding carboxylic acids is 1. The molecule has 0 aliphatic carbocycles. The second kappa shape index (κ2) is 5.68. The van der Waals surface area contributed by atoms with Gasteiger partial charge in [-0.25, -0.2) is 8.78 Å². The number of carbonyl (C=O) groups is 1. The molecule has 0 bridgehead atoms. The first-order valence-corrected chi connectivity index (χ1v) is 7.19. The van der Waals surface area contributed by atoms with E-state index in [0.717, 1.165) is 25.3 Å². The normalized spacial score (nSPS) is 23.0. The molecule has 1 aromatic rings. The van der Waals surface area contributed by atoms with Crippen LogP contribution in [0.15, 0.2) is 6.07 Å². The van der Waals surface area contributed by atoms with E-state index in [-0.39, 0.29) is 22.7 Å². The summed E-state index contributed by atoms with van der Waals surface area (Å²) < 4.78 is 27.5. The number of halogens is 3. The lowest BCUT2D eigenvalue weighted by atomic mass is 9.96. The Morgan fingerprint density at radius 2 is 1.85 bits per heavy atom. The van der Waals surface area contributed by atoms with Gasteiger partial charge in [-0.05, 0) is 51.7 Å². The van der Waals surface area contributed by atoms with Gasteiger partial charge in [0.2, 0.25) is 0 Å². The summed E-state index contributed by atoms with van der Waals surface area (Å²) in [7, 11) is 0. The summed E-state index contributed by atoms with van der Waals surface area (Å²) in [4.78, 5) is 14.2. The van der Waals surface area contributed by atoms with Crippen molar-refractivity contribution in [2.24, 2.45) is 0 Å². The molecule has 5 heteroatoms. The quantitative estimate of drug-likeness (QED) is 0.707. The molecule has 20 heavy (non-hydrogen) atoms. The van der Waals surface area contributed by atoms with Crippen LogP contribution in [0.4, 0.5) is 8.78 Å². The highest BCUT2D eigenvalue weighted by Crippen LogP contribution is 2.31. The van der Waals surface area contributed by atoms with E-state index >= 15 is 0 Å². The number of rotatable bonds is 1. The van der Waals surface area contributed by atoms with E-state index in [9.17, 15) is 13.6 Å². The first-order chi connectivity index (χ1) is 9.34. The number of nitrogens with zero attached hydrogens (tertiary/aromatic N) is 1. The Balaban J connectivity index is 2.48. The van der Waals surface area contributed by atoms with Gasteiger partial charge in [-0.2, -0.15) is 0 Å². The average Bonchev–Trinajstić information content (AvgIpc) is 2.36. The summed E-state index contributed by atoms with van der Waals surface area (Å²) in [6, 6.07) is 1.02. The van der Waals surface area contributed by atoms with E-state index in [1.165, 1.54) is 0 Å². The second-order valence-corrected chi connectivity index (χ2v) is 5.90. The third kappa shape index (κ3) is 2.53. The molecule has 1 aromatic carbocycles. The molecule has 0 unspecified atom stereocenters. The van der Waals surface area contributed by atoms with Gasteiger partial charge in [0, 0.05) is 12.1 Å². The summed E-state index contributed by atoms with van der Waals surface area (Å²) in [5, 5.41) is -0.00104. The van der Waals surface area contributed by atoms with Crippen LogP contribution in [-0.2, 0) is 0 Å². The van der Waals surface area contributed by atoms with Gasteiger partial charge in [-0.3, -0.25) is 4.79 Å². The highest BCUT2D eigenvalue weighted by atomic mass is 35.5. The van der Waals surface area contributed by atoms with Crippen molar-refractivity contribution in [3.8, 4) is 0 Å². The molecule has 1 aliphatic heterocycles. The fourth-order valence-corrected chi connectivity index (χ4v) is 3.09. The summed E-state index contributed by atoms with van der Waals surface area (Å²) >= 11 is 6.03. The largest absolute Gasteiger partial charge is 0.333 e. The molecule has 1 amide bonds. The molecule has 0 spiro atoms. The van der Waals surface area contributed by atoms with Crippen LogP contribution < -0.4 is 0 Å². The number of aryl methyl sites for hydroxylation is 1. The Morgan fingerprint density at radius 1 is 1.30 bits per heavy atom. The Morgan fingerprint density at radius 3 is 2.40 bits per heavy atom. The van der Waals surface area contributed by atoms with Crippen molar-refractivity contribution in [1.29, 1.82) is 0 Å². The number of amides is 1. The Kier molecular flexibility index (Phi) is 4.33. The zero-order valence-electron chi connectivity index (χ0n) is 11.8. The molecule has 2 nitrogen and oxygen atoms in total. The molecule has 0 aromatic heterocycles. The van der Waals surface area contributed by atoms with Crippen molar-refractivity contribution in [1.82, 2.24) is 4.90 Å². The van der Waals surface area contributed by atoms with Crippen LogP contribution in [0.25, 0.3) is 0 Å². The zero-order chi connectivity index (χ0) is 15.0. The van der Waals surface area contributed by atoms with E-state index in [1.54, 1.807) is 11.8 Å². The van der Waals surface area contributed by atoms with Crippen molar-refractivity contribution in [2.75, 3.05) is 0 Å². The molecule has 2 rings (SSSR count). The molecule has 1 fully saturated rings. The maximum atomic E-state index is 14.0. The standard InChI is InChI=1S/C15H18ClF2NO/c1-8-7-11(17)14(18)12(13(8)16)15(20)19-9(2)5-4-6-10(19)3/h7,9-10H,4-6H2,1-3H3/t9-,10-/m1/s1. The zero-order valence-corrected chi connectivity index (χ0v) is 12.6. The molecular formula is C15H18ClF2NO. The summed E-state index contributed by atoms with van der Waals surface area (Å²) in [5.74, 6) is -2.71. The number of benzene rings is 1. The Hall–Kier alpha value is -1.16. The Labute approximate surface area is 122 Å². The van der Waals surface area contributed by atoms with Crippen molar-refractivity contribution in [2.45, 2.75) is 52.1 Å². The highest BCUT2D eigenvalue weighted by Gasteiger charge is 2.33. The van der Waals surface area contributed by atoms with Crippen molar-refractivity contribution in [3.05, 3.63) is 33.9 Å². The van der Waals surface area contributed by atoms with E-state index in [0.29, 0.717) is 5.56 Å². The molecular weight excluding hydrogens is 284 g/mol. The topological polar surface area (TPSA) is 20.3 Å². The number of likely N-dealkylation sites (tertiary alicyclic amines) is 1. The van der Waals surface area contributed by atoms with Gasteiger partial charge >= 0.3 is 0 Å². The lowest BCUT2D eigenvalue weighted by molar-refractivity contribution is 0.0505. The molecule has 1 heterocycles. The first-order valence-electron chi connectivity index (χ1n) is 6.81. The second-order valence-electron chi connectivity index (χ2n) is 5.52. The van der Waals surface area contributed by atoms with Crippen LogP contribution >= 0.6 is 11.6 Å². The van der Waals surface area contributed by atoms with Crippen LogP contribution in [0, 0.1) is 18.6 Å². The Bertz CT molecular complexity index is 511. The van der Waals surface area contributed by atoms with E-state index in [4.69, 9.17) is 11.6 Å². The number of piperidine rings is 1. The van der Waals surface area contributed by atoms with E-state index in [1.807, 2.05) is 13.8 Å². The van der Waals surface area contributed by atoms with E-state index < -0.39 is 17.5 Å². The monoisotopic (exact) mass is 301 g/mol. The predicted molar refractivity (Wildman–Crippen MR) is 75.0 cm³/mol. The van der Waals surface area contributed by atoms with Crippen LogP contribution in [0.5, 0.6) is 0 Å². The molecule has 1 aliphatic rings. The van der Waals surface area contributed by atoms with Gasteiger partial charge in [-0.1, -0.05) is 11.6 Å². The highest BCUT2D eigenvalue weighted by molar-refractivity contribution is 6.34. The van der Waals surface area contributed by atoms with Gasteiger partial charge in [0.1, 0.15) is 0 Å². The lowest BCUT2D eigenvalue weighted by Gasteiger charge is -2.39. The smallest absolute Gasteiger partial charge is 0.258 e. The van der Waals surface area contributed by atoms with Crippen molar-refractivity contribution < 1.29 is 13.6 Å². The maximum Gasteiger partial charge on any atom is 0.258 e. The molecule has 2 atom stereocenters. The summed E-state index contributed by atoms with van der Waals surface area (Å²) in [5.41, 5.74) is 0.0241. The molecule has 0 radical (unpaired) electrons. The predicted octanol–water partition coefficient (Wildman–Crippen LogP) is 4.33. The van der Waals surface area contributed by atoms with E-state index in [2.05, 4.69) is 0 Å². The minimum Gasteiger partial charge on any atom is -0.333 e. The van der Waals surface area contributed by atoms with Crippen LogP contribution in [0.1, 0.15) is 49.0 Å². The minimum absolute atomic E-state index is 0.00104. The fraction of sp³-hybridized carbons (Fsp3) is 0.533. The minimum atomic E-state index is -1.16. The molecule has 110 valence electrons. The van der Waals surface area contributed by atoms with Crippen LogP contribution in [0.2, 0.25) is 5.02 Å². The van der Waals surface area contributed by atoms with Crippen molar-refractivity contribution >= 4 is 17.5 Å². The number of hydrogen-bond donors (Lipinski definition) is 0. The fourth-order valence-electron chi connectivity index (χ4n) is 2.87. The third-order valence-electron chi connectivity index (χ3n) is 3.98. The summed E-state index contributed by atoms with van der Waals surface area (Å²) in [6.07, 6.45) is 2.76. The van der Waals surface area contributed by atoms with Gasteiger partial charge in [-0.15, -0.1) is 0 Å². The lowest BCUT2D eigenvalue weighted by Crippen LogP contribution is -2.47. The van der Waals surface area contributed by atoms with Crippen molar-refractivity contribution in [3.63, 3.8) is 0 Å².